The molecule has 2 unspecified atom stereocenters. The van der Waals surface area contributed by atoms with Gasteiger partial charge in [-0.25, -0.2) is 9.37 Å². The van der Waals surface area contributed by atoms with E-state index < -0.39 is 11.4 Å². The second-order valence-electron chi connectivity index (χ2n) is 10.4. The molecule has 4 rings (SSSR count). The van der Waals surface area contributed by atoms with Gasteiger partial charge >= 0.3 is 0 Å². The van der Waals surface area contributed by atoms with Crippen LogP contribution >= 0.6 is 11.6 Å². The molecule has 3 N–H and O–H groups in total. The van der Waals surface area contributed by atoms with Crippen molar-refractivity contribution in [3.05, 3.63) is 64.6 Å². The first-order valence-electron chi connectivity index (χ1n) is 13.4. The molecule has 1 aliphatic carbocycles. The van der Waals surface area contributed by atoms with E-state index >= 15 is 0 Å². The first-order valence-corrected chi connectivity index (χ1v) is 13.8. The number of imidazole rings is 1. The van der Waals surface area contributed by atoms with E-state index in [2.05, 4.69) is 15.4 Å². The fourth-order valence-corrected chi connectivity index (χ4v) is 4.83. The normalized spacial score (nSPS) is 16.8. The summed E-state index contributed by atoms with van der Waals surface area (Å²) >= 11 is 5.86. The number of nitrogens with one attached hydrogen (secondary N) is 1. The van der Waals surface area contributed by atoms with Gasteiger partial charge in [0.2, 0.25) is 5.88 Å². The van der Waals surface area contributed by atoms with Gasteiger partial charge in [0.1, 0.15) is 18.1 Å². The number of hydrogen-bond donors (Lipinski definition) is 3. The number of aliphatic hydroxyl groups excluding tert-OH is 1. The summed E-state index contributed by atoms with van der Waals surface area (Å²) in [5.74, 6) is -0.411. The number of carbonyl (C=O) groups is 1. The van der Waals surface area contributed by atoms with Crippen molar-refractivity contribution in [3.63, 3.8) is 0 Å². The van der Waals surface area contributed by atoms with Crippen molar-refractivity contribution in [2.75, 3.05) is 18.5 Å². The number of anilines is 1. The van der Waals surface area contributed by atoms with Gasteiger partial charge in [-0.15, -0.1) is 5.10 Å². The molecule has 0 bridgehead atoms. The Hall–Kier alpha value is -3.21. The van der Waals surface area contributed by atoms with E-state index in [4.69, 9.17) is 16.3 Å². The minimum absolute atomic E-state index is 0.0120. The zero-order valence-electron chi connectivity index (χ0n) is 23.9. The Kier molecular flexibility index (Phi) is 10.5. The van der Waals surface area contributed by atoms with E-state index in [1.165, 1.54) is 18.2 Å². The zero-order valence-corrected chi connectivity index (χ0v) is 24.7. The van der Waals surface area contributed by atoms with E-state index in [1.807, 2.05) is 33.0 Å². The number of allylic oxidation sites excluding steroid dienone is 1. The molecule has 2 aromatic heterocycles. The third-order valence-corrected chi connectivity index (χ3v) is 6.94. The number of carbonyl (C=O) groups excluding carboxylic acids is 1. The van der Waals surface area contributed by atoms with Crippen molar-refractivity contribution in [3.8, 4) is 5.88 Å². The average Bonchev–Trinajstić information content (AvgIpc) is 3.60. The highest BCUT2D eigenvalue weighted by atomic mass is 35.5. The predicted molar refractivity (Wildman–Crippen MR) is 154 cm³/mol. The van der Waals surface area contributed by atoms with Crippen molar-refractivity contribution in [1.82, 2.24) is 19.3 Å². The third kappa shape index (κ3) is 7.71. The number of rotatable bonds is 10. The van der Waals surface area contributed by atoms with Crippen molar-refractivity contribution < 1.29 is 24.1 Å². The van der Waals surface area contributed by atoms with Gasteiger partial charge in [0.25, 0.3) is 5.91 Å². The fraction of sp³-hybridized carbons (Fsp3) is 0.483. The van der Waals surface area contributed by atoms with Crippen LogP contribution in [0.2, 0.25) is 5.02 Å². The SMILES string of the molecule is CC.Cn1cnc(C2=CC(CO)C(CCc3cc(OCC(C)(C)O)nn3C)C2)c1C(=O)Nc1ccc(F)c(Cl)c1. The Labute approximate surface area is 239 Å². The van der Waals surface area contributed by atoms with E-state index in [1.54, 1.807) is 36.5 Å². The second-order valence-corrected chi connectivity index (χ2v) is 10.8. The van der Waals surface area contributed by atoms with Crippen molar-refractivity contribution in [2.24, 2.45) is 25.9 Å². The lowest BCUT2D eigenvalue weighted by Crippen LogP contribution is -2.27. The molecule has 0 spiro atoms. The molecule has 40 heavy (non-hydrogen) atoms. The summed E-state index contributed by atoms with van der Waals surface area (Å²) in [7, 11) is 3.58. The predicted octanol–water partition coefficient (Wildman–Crippen LogP) is 5.02. The molecule has 1 aliphatic rings. The number of aromatic nitrogens is 4. The number of benzene rings is 1. The molecule has 0 saturated heterocycles. The van der Waals surface area contributed by atoms with Gasteiger partial charge in [-0.2, -0.15) is 0 Å². The highest BCUT2D eigenvalue weighted by molar-refractivity contribution is 6.31. The summed E-state index contributed by atoms with van der Waals surface area (Å²) < 4.78 is 22.5. The Balaban J connectivity index is 0.00000216. The van der Waals surface area contributed by atoms with Gasteiger partial charge in [0.05, 0.1) is 22.6 Å². The quantitative estimate of drug-likeness (QED) is 0.313. The minimum atomic E-state index is -0.953. The van der Waals surface area contributed by atoms with Crippen LogP contribution in [0.25, 0.3) is 5.57 Å². The van der Waals surface area contributed by atoms with Gasteiger partial charge in [-0.05, 0) is 62.8 Å². The summed E-state index contributed by atoms with van der Waals surface area (Å²) in [5.41, 5.74) is 2.23. The smallest absolute Gasteiger partial charge is 0.274 e. The molecule has 2 heterocycles. The Morgan fingerprint density at radius 1 is 1.27 bits per heavy atom. The lowest BCUT2D eigenvalue weighted by atomic mass is 9.90. The van der Waals surface area contributed by atoms with Gasteiger partial charge in [-0.1, -0.05) is 31.5 Å². The van der Waals surface area contributed by atoms with Crippen LogP contribution in [0.3, 0.4) is 0 Å². The zero-order chi connectivity index (χ0) is 29.6. The highest BCUT2D eigenvalue weighted by Crippen LogP contribution is 2.39. The molecule has 0 aliphatic heterocycles. The molecular weight excluding hydrogens is 537 g/mol. The summed E-state index contributed by atoms with van der Waals surface area (Å²) in [6.07, 6.45) is 5.75. The molecule has 2 atom stereocenters. The highest BCUT2D eigenvalue weighted by Gasteiger charge is 2.31. The second kappa shape index (κ2) is 13.4. The maximum atomic E-state index is 13.5. The van der Waals surface area contributed by atoms with Crippen LogP contribution in [-0.2, 0) is 20.5 Å². The Morgan fingerprint density at radius 3 is 2.65 bits per heavy atom. The van der Waals surface area contributed by atoms with Gasteiger partial charge in [-0.3, -0.25) is 9.48 Å². The van der Waals surface area contributed by atoms with Crippen LogP contribution in [0.4, 0.5) is 10.1 Å². The van der Waals surface area contributed by atoms with Crippen LogP contribution in [0, 0.1) is 17.7 Å². The monoisotopic (exact) mass is 575 g/mol. The molecule has 1 amide bonds. The third-order valence-electron chi connectivity index (χ3n) is 6.65. The number of amides is 1. The molecule has 1 aromatic carbocycles. The number of nitrogens with zero attached hydrogens (tertiary/aromatic N) is 4. The number of aryl methyl sites for hydroxylation is 3. The van der Waals surface area contributed by atoms with Crippen molar-refractivity contribution >= 4 is 28.8 Å². The number of ether oxygens (including phenoxy) is 1. The fourth-order valence-electron chi connectivity index (χ4n) is 4.65. The topological polar surface area (TPSA) is 114 Å². The molecule has 0 saturated carbocycles. The molecule has 11 heteroatoms. The van der Waals surface area contributed by atoms with E-state index in [-0.39, 0.29) is 36.0 Å². The molecule has 3 aromatic rings. The maximum absolute atomic E-state index is 13.5. The van der Waals surface area contributed by atoms with E-state index in [0.717, 1.165) is 24.1 Å². The van der Waals surface area contributed by atoms with E-state index in [0.29, 0.717) is 29.4 Å². The molecule has 9 nitrogen and oxygen atoms in total. The Bertz CT molecular complexity index is 1340. The lowest BCUT2D eigenvalue weighted by molar-refractivity contribution is 0.0266. The van der Waals surface area contributed by atoms with Crippen LogP contribution < -0.4 is 10.1 Å². The van der Waals surface area contributed by atoms with Gasteiger partial charge in [0.15, 0.2) is 0 Å². The standard InChI is InChI=1S/C27H33ClFN5O4.C2H6/c1-27(2,37)14-38-23-12-20(34(4)32-23)7-5-16-9-17(10-18(16)13-35)24-25(33(3)15-30-24)26(36)31-19-6-8-22(29)21(28)11-19;1-2/h6,8,10-12,15-16,18,35,37H,5,7,9,13-14H2,1-4H3,(H,31,36);1-2H3. The average molecular weight is 576 g/mol. The minimum Gasteiger partial charge on any atom is -0.474 e. The van der Waals surface area contributed by atoms with Gasteiger partial charge < -0.3 is 24.8 Å². The van der Waals surface area contributed by atoms with Crippen LogP contribution in [0.5, 0.6) is 5.88 Å². The first-order chi connectivity index (χ1) is 18.9. The van der Waals surface area contributed by atoms with Crippen LogP contribution in [0.15, 0.2) is 36.7 Å². The van der Waals surface area contributed by atoms with Crippen LogP contribution in [0.1, 0.15) is 62.4 Å². The molecule has 0 radical (unpaired) electrons. The number of aliphatic hydroxyl groups is 2. The van der Waals surface area contributed by atoms with E-state index in [9.17, 15) is 19.4 Å². The maximum Gasteiger partial charge on any atom is 0.274 e. The Morgan fingerprint density at radius 2 is 2.00 bits per heavy atom. The lowest BCUT2D eigenvalue weighted by Gasteiger charge is -2.17. The largest absolute Gasteiger partial charge is 0.474 e. The van der Waals surface area contributed by atoms with Crippen LogP contribution in [-0.4, -0.2) is 54.3 Å². The van der Waals surface area contributed by atoms with Crippen molar-refractivity contribution in [2.45, 2.75) is 52.6 Å². The number of hydrogen-bond acceptors (Lipinski definition) is 6. The first kappa shape index (κ1) is 31.3. The summed E-state index contributed by atoms with van der Waals surface area (Å²) in [6.45, 7) is 7.47. The summed E-state index contributed by atoms with van der Waals surface area (Å²) in [6, 6.07) is 5.87. The number of halogens is 2. The molecule has 218 valence electrons. The summed E-state index contributed by atoms with van der Waals surface area (Å²) in [5, 5.41) is 27.0. The summed E-state index contributed by atoms with van der Waals surface area (Å²) in [4.78, 5) is 17.6. The molecule has 0 fully saturated rings. The molecular formula is C29H39ClFN5O4. The van der Waals surface area contributed by atoms with Crippen molar-refractivity contribution in [1.29, 1.82) is 0 Å². The van der Waals surface area contributed by atoms with Gasteiger partial charge in [0, 0.05) is 44.1 Å².